The molecule has 1 saturated heterocycles. The molecule has 0 radical (unpaired) electrons. The summed E-state index contributed by atoms with van der Waals surface area (Å²) in [5.41, 5.74) is 0.315. The maximum atomic E-state index is 13.4. The third-order valence-electron chi connectivity index (χ3n) is 5.05. The van der Waals surface area contributed by atoms with E-state index in [0.29, 0.717) is 37.6 Å². The number of rotatable bonds is 4. The van der Waals surface area contributed by atoms with E-state index in [-0.39, 0.29) is 20.5 Å². The average molecular weight is 462 g/mol. The lowest BCUT2D eigenvalue weighted by Crippen LogP contribution is -2.42. The summed E-state index contributed by atoms with van der Waals surface area (Å²) in [6, 6.07) is 16.6. The van der Waals surface area contributed by atoms with Crippen molar-refractivity contribution in [2.75, 3.05) is 26.3 Å². The van der Waals surface area contributed by atoms with Crippen molar-refractivity contribution in [1.82, 2.24) is 9.47 Å². The molecule has 9 nitrogen and oxygen atoms in total. The Morgan fingerprint density at radius 3 is 2.55 bits per heavy atom. The lowest BCUT2D eigenvalue weighted by atomic mass is 10.2. The Balaban J connectivity index is 1.97. The van der Waals surface area contributed by atoms with Crippen LogP contribution in [-0.2, 0) is 9.53 Å². The highest BCUT2D eigenvalue weighted by atomic mass is 32.1. The summed E-state index contributed by atoms with van der Waals surface area (Å²) in [5.74, 6) is -0.464. The Morgan fingerprint density at radius 2 is 1.88 bits per heavy atom. The van der Waals surface area contributed by atoms with Crippen LogP contribution in [0, 0.1) is 21.4 Å². The molecule has 0 saturated carbocycles. The maximum absolute atomic E-state index is 13.4. The van der Waals surface area contributed by atoms with E-state index >= 15 is 0 Å². The second-order valence-electron chi connectivity index (χ2n) is 7.14. The summed E-state index contributed by atoms with van der Waals surface area (Å²) in [7, 11) is 0. The molecule has 0 bridgehead atoms. The Morgan fingerprint density at radius 1 is 1.15 bits per heavy atom. The molecule has 1 aliphatic heterocycles. The number of carbonyl (C=O) groups excluding carboxylic acids is 1. The molecule has 0 spiro atoms. The first-order valence-corrected chi connectivity index (χ1v) is 10.9. The number of nitro groups is 1. The Hall–Kier alpha value is -4.07. The number of nitro benzene ring substituents is 1. The number of thiazole rings is 1. The number of nitrogens with zero attached hydrogens (tertiary/aromatic N) is 4. The SMILES string of the molecule is N#C/C(C(=O)N1CCOCC1)=c1\s/c(=C/c2cccc([N+](=O)[O-])c2)c(=O)n1-c1ccccc1. The second-order valence-corrected chi connectivity index (χ2v) is 8.17. The van der Waals surface area contributed by atoms with Crippen molar-refractivity contribution in [1.29, 1.82) is 5.26 Å². The monoisotopic (exact) mass is 462 g/mol. The minimum absolute atomic E-state index is 0.101. The van der Waals surface area contributed by atoms with Crippen molar-refractivity contribution >= 4 is 34.6 Å². The van der Waals surface area contributed by atoms with Crippen molar-refractivity contribution in [2.24, 2.45) is 0 Å². The fourth-order valence-electron chi connectivity index (χ4n) is 3.45. The molecule has 2 heterocycles. The fourth-order valence-corrected chi connectivity index (χ4v) is 4.55. The molecule has 1 fully saturated rings. The molecule has 2 aromatic carbocycles. The molecule has 0 atom stereocenters. The smallest absolute Gasteiger partial charge is 0.273 e. The largest absolute Gasteiger partial charge is 0.378 e. The predicted octanol–water partition coefficient (Wildman–Crippen LogP) is 1.17. The summed E-state index contributed by atoms with van der Waals surface area (Å²) in [4.78, 5) is 38.6. The third kappa shape index (κ3) is 4.59. The second kappa shape index (κ2) is 9.60. The van der Waals surface area contributed by atoms with E-state index in [2.05, 4.69) is 0 Å². The molecule has 3 aromatic rings. The highest BCUT2D eigenvalue weighted by molar-refractivity contribution is 7.07. The number of carbonyl (C=O) groups is 1. The van der Waals surface area contributed by atoms with Crippen LogP contribution in [0.1, 0.15) is 5.56 Å². The number of morpholine rings is 1. The number of nitriles is 1. The molecular formula is C23H18N4O5S. The van der Waals surface area contributed by atoms with Crippen LogP contribution in [0.3, 0.4) is 0 Å². The molecule has 166 valence electrons. The summed E-state index contributed by atoms with van der Waals surface area (Å²) < 4.78 is 7.08. The van der Waals surface area contributed by atoms with Gasteiger partial charge in [-0.25, -0.2) is 0 Å². The van der Waals surface area contributed by atoms with Crippen molar-refractivity contribution in [3.05, 3.63) is 89.8 Å². The molecule has 1 amide bonds. The summed E-state index contributed by atoms with van der Waals surface area (Å²) >= 11 is 1.00. The number of hydrogen-bond donors (Lipinski definition) is 0. The van der Waals surface area contributed by atoms with Crippen LogP contribution >= 0.6 is 11.3 Å². The van der Waals surface area contributed by atoms with E-state index in [1.54, 1.807) is 36.4 Å². The van der Waals surface area contributed by atoms with Gasteiger partial charge in [0, 0.05) is 25.2 Å². The van der Waals surface area contributed by atoms with Gasteiger partial charge in [-0.3, -0.25) is 24.3 Å². The molecule has 1 aromatic heterocycles. The van der Waals surface area contributed by atoms with Crippen molar-refractivity contribution in [3.63, 3.8) is 0 Å². The third-order valence-corrected chi connectivity index (χ3v) is 6.15. The van der Waals surface area contributed by atoms with Gasteiger partial charge in [0.2, 0.25) is 0 Å². The first-order valence-electron chi connectivity index (χ1n) is 10.0. The molecular weight excluding hydrogens is 444 g/mol. The lowest BCUT2D eigenvalue weighted by Gasteiger charge is -2.26. The number of hydrogen-bond acceptors (Lipinski definition) is 7. The van der Waals surface area contributed by atoms with E-state index in [0.717, 1.165) is 11.3 Å². The van der Waals surface area contributed by atoms with E-state index in [9.17, 15) is 25.0 Å². The average Bonchev–Trinajstić information content (AvgIpc) is 3.16. The van der Waals surface area contributed by atoms with Gasteiger partial charge in [0.1, 0.15) is 10.7 Å². The molecule has 4 rings (SSSR count). The first kappa shape index (κ1) is 22.1. The van der Waals surface area contributed by atoms with E-state index < -0.39 is 16.4 Å². The van der Waals surface area contributed by atoms with Gasteiger partial charge in [-0.1, -0.05) is 30.3 Å². The quantitative estimate of drug-likeness (QED) is 0.424. The zero-order valence-electron chi connectivity index (χ0n) is 17.3. The van der Waals surface area contributed by atoms with Crippen molar-refractivity contribution < 1.29 is 14.5 Å². The zero-order chi connectivity index (χ0) is 23.4. The van der Waals surface area contributed by atoms with E-state index in [4.69, 9.17) is 4.74 Å². The standard InChI is InChI=1S/C23H18N4O5S/c24-15-19(21(28)25-9-11-32-12-10-25)23-26(17-6-2-1-3-7-17)22(29)20(33-23)14-16-5-4-8-18(13-16)27(30)31/h1-8,13-14H,9-12H2/b20-14+,23-19+. The molecule has 10 heteroatoms. The van der Waals surface area contributed by atoms with Gasteiger partial charge in [-0.2, -0.15) is 5.26 Å². The number of para-hydroxylation sites is 1. The van der Waals surface area contributed by atoms with Crippen LogP contribution < -0.4 is 14.8 Å². The normalized spacial score (nSPS) is 15.1. The van der Waals surface area contributed by atoms with Crippen LogP contribution in [-0.4, -0.2) is 46.6 Å². The highest BCUT2D eigenvalue weighted by Crippen LogP contribution is 2.13. The summed E-state index contributed by atoms with van der Waals surface area (Å²) in [6.45, 7) is 1.48. The minimum Gasteiger partial charge on any atom is -0.378 e. The summed E-state index contributed by atoms with van der Waals surface area (Å²) in [6.07, 6.45) is 1.52. The zero-order valence-corrected chi connectivity index (χ0v) is 18.2. The van der Waals surface area contributed by atoms with Crippen LogP contribution in [0.4, 0.5) is 5.69 Å². The maximum Gasteiger partial charge on any atom is 0.273 e. The van der Waals surface area contributed by atoms with Crippen molar-refractivity contribution in [3.8, 4) is 11.8 Å². The van der Waals surface area contributed by atoms with Gasteiger partial charge in [0.15, 0.2) is 5.57 Å². The first-order chi connectivity index (χ1) is 16.0. The Labute approximate surface area is 191 Å². The van der Waals surface area contributed by atoms with Crippen molar-refractivity contribution in [2.45, 2.75) is 0 Å². The molecule has 1 aliphatic rings. The minimum atomic E-state index is -0.512. The Bertz CT molecular complexity index is 1430. The Kier molecular flexibility index (Phi) is 6.44. The van der Waals surface area contributed by atoms with Gasteiger partial charge in [-0.15, -0.1) is 11.3 Å². The van der Waals surface area contributed by atoms with Gasteiger partial charge in [0.25, 0.3) is 17.2 Å². The van der Waals surface area contributed by atoms with Gasteiger partial charge in [-0.05, 0) is 23.8 Å². The van der Waals surface area contributed by atoms with Gasteiger partial charge in [0.05, 0.1) is 28.4 Å². The molecule has 0 aliphatic carbocycles. The predicted molar refractivity (Wildman–Crippen MR) is 122 cm³/mol. The van der Waals surface area contributed by atoms with E-state index in [1.165, 1.54) is 33.7 Å². The summed E-state index contributed by atoms with van der Waals surface area (Å²) in [5, 5.41) is 21.0. The van der Waals surface area contributed by atoms with Crippen LogP contribution in [0.2, 0.25) is 0 Å². The van der Waals surface area contributed by atoms with Gasteiger partial charge >= 0.3 is 0 Å². The van der Waals surface area contributed by atoms with Crippen LogP contribution in [0.5, 0.6) is 0 Å². The van der Waals surface area contributed by atoms with Crippen LogP contribution in [0.25, 0.3) is 17.3 Å². The van der Waals surface area contributed by atoms with Crippen LogP contribution in [0.15, 0.2) is 59.4 Å². The number of amides is 1. The molecule has 0 unspecified atom stereocenters. The number of benzene rings is 2. The van der Waals surface area contributed by atoms with E-state index in [1.807, 2.05) is 6.07 Å². The molecule has 33 heavy (non-hydrogen) atoms. The number of non-ortho nitro benzene ring substituents is 1. The highest BCUT2D eigenvalue weighted by Gasteiger charge is 2.24. The lowest BCUT2D eigenvalue weighted by molar-refractivity contribution is -0.384. The number of aromatic nitrogens is 1. The number of ether oxygens (including phenoxy) is 1. The topological polar surface area (TPSA) is 118 Å². The van der Waals surface area contributed by atoms with Gasteiger partial charge < -0.3 is 9.64 Å². The fraction of sp³-hybridized carbons (Fsp3) is 0.174. The molecule has 0 N–H and O–H groups in total.